The van der Waals surface area contributed by atoms with Gasteiger partial charge in [-0.1, -0.05) is 6.92 Å². The molecule has 0 radical (unpaired) electrons. The summed E-state index contributed by atoms with van der Waals surface area (Å²) in [5.41, 5.74) is 8.68. The van der Waals surface area contributed by atoms with Crippen LogP contribution >= 0.6 is 11.8 Å². The SMILES string of the molecule is CC1CCN(c2ncc3c4c(c(-c5ncc(F)c6c5C(C#N)=C(N)CS6)c(F)c3n2)COC4)C1. The van der Waals surface area contributed by atoms with Crippen LogP contribution in [0.25, 0.3) is 27.7 Å². The molecule has 0 bridgehead atoms. The molecular weight excluding hydrogens is 458 g/mol. The van der Waals surface area contributed by atoms with Gasteiger partial charge in [-0.2, -0.15) is 5.26 Å². The van der Waals surface area contributed by atoms with Gasteiger partial charge >= 0.3 is 0 Å². The topological polar surface area (TPSA) is 101 Å². The van der Waals surface area contributed by atoms with Crippen molar-refractivity contribution < 1.29 is 13.5 Å². The van der Waals surface area contributed by atoms with Crippen molar-refractivity contribution in [3.8, 4) is 17.3 Å². The molecular formula is C24H20F2N6OS. The average molecular weight is 479 g/mol. The minimum absolute atomic E-state index is 0.123. The molecule has 0 amide bonds. The quantitative estimate of drug-likeness (QED) is 0.586. The summed E-state index contributed by atoms with van der Waals surface area (Å²) in [5.74, 6) is 0.130. The van der Waals surface area contributed by atoms with Crippen LogP contribution < -0.4 is 10.6 Å². The fourth-order valence-electron chi connectivity index (χ4n) is 4.96. The van der Waals surface area contributed by atoms with Gasteiger partial charge in [-0.05, 0) is 23.5 Å². The molecule has 1 saturated heterocycles. The molecule has 0 saturated carbocycles. The Bertz CT molecular complexity index is 1450. The minimum atomic E-state index is -0.581. The lowest BCUT2D eigenvalue weighted by Gasteiger charge is -2.22. The van der Waals surface area contributed by atoms with Crippen LogP contribution in [0.3, 0.4) is 0 Å². The van der Waals surface area contributed by atoms with Crippen molar-refractivity contribution in [1.82, 2.24) is 15.0 Å². The Morgan fingerprint density at radius 2 is 2.03 bits per heavy atom. The van der Waals surface area contributed by atoms with Crippen LogP contribution in [-0.4, -0.2) is 33.8 Å². The third kappa shape index (κ3) is 3.07. The Hall–Kier alpha value is -3.29. The van der Waals surface area contributed by atoms with Gasteiger partial charge in [-0.15, -0.1) is 11.8 Å². The van der Waals surface area contributed by atoms with Crippen LogP contribution in [0.5, 0.6) is 0 Å². The zero-order valence-electron chi connectivity index (χ0n) is 18.4. The van der Waals surface area contributed by atoms with Crippen LogP contribution in [-0.2, 0) is 18.0 Å². The monoisotopic (exact) mass is 478 g/mol. The number of thioether (sulfide) groups is 1. The molecule has 0 aliphatic carbocycles. The number of nitriles is 1. The first kappa shape index (κ1) is 21.3. The fraction of sp³-hybridized carbons (Fsp3) is 0.333. The molecule has 34 heavy (non-hydrogen) atoms. The zero-order valence-corrected chi connectivity index (χ0v) is 19.2. The molecule has 7 nitrogen and oxygen atoms in total. The molecule has 3 aromatic rings. The summed E-state index contributed by atoms with van der Waals surface area (Å²) in [6, 6.07) is 2.07. The van der Waals surface area contributed by atoms with E-state index in [1.807, 2.05) is 0 Å². The standard InChI is InChI=1S/C24H20F2N6OS/c1-11-2-3-32(7-11)24-30-5-13-14-8-33-9-15(14)18(20(26)21(13)31-24)22-19-12(4-27)17(28)10-34-23(19)16(25)6-29-22/h5-6,11H,2-3,7-10,28H2,1H3. The number of fused-ring (bicyclic) bond motifs is 4. The first-order valence-corrected chi connectivity index (χ1v) is 12.0. The Morgan fingerprint density at radius 1 is 1.21 bits per heavy atom. The summed E-state index contributed by atoms with van der Waals surface area (Å²) in [7, 11) is 0. The number of benzene rings is 1. The van der Waals surface area contributed by atoms with E-state index in [-0.39, 0.29) is 51.8 Å². The van der Waals surface area contributed by atoms with E-state index in [1.54, 1.807) is 6.20 Å². The number of allylic oxidation sites excluding steroid dienone is 1. The highest BCUT2D eigenvalue weighted by atomic mass is 32.2. The molecule has 0 spiro atoms. The smallest absolute Gasteiger partial charge is 0.225 e. The molecule has 1 atom stereocenters. The van der Waals surface area contributed by atoms with Crippen molar-refractivity contribution in [2.24, 2.45) is 11.7 Å². The highest BCUT2D eigenvalue weighted by molar-refractivity contribution is 7.99. The second kappa shape index (κ2) is 7.89. The van der Waals surface area contributed by atoms with Gasteiger partial charge < -0.3 is 15.4 Å². The summed E-state index contributed by atoms with van der Waals surface area (Å²) >= 11 is 1.18. The molecule has 3 aliphatic rings. The van der Waals surface area contributed by atoms with Gasteiger partial charge in [-0.25, -0.2) is 18.7 Å². The van der Waals surface area contributed by atoms with Gasteiger partial charge in [0.25, 0.3) is 0 Å². The molecule has 1 aromatic carbocycles. The predicted molar refractivity (Wildman–Crippen MR) is 125 cm³/mol. The number of halogens is 2. The normalized spacial score (nSPS) is 19.5. The van der Waals surface area contributed by atoms with Crippen LogP contribution in [0.2, 0.25) is 0 Å². The molecule has 5 heterocycles. The van der Waals surface area contributed by atoms with Crippen molar-refractivity contribution >= 4 is 34.2 Å². The summed E-state index contributed by atoms with van der Waals surface area (Å²) < 4.78 is 36.7. The summed E-state index contributed by atoms with van der Waals surface area (Å²) in [5, 5.41) is 10.4. The molecule has 2 N–H and O–H groups in total. The third-order valence-corrected chi connectivity index (χ3v) is 7.82. The van der Waals surface area contributed by atoms with Crippen LogP contribution in [0.4, 0.5) is 14.7 Å². The van der Waals surface area contributed by atoms with E-state index in [0.717, 1.165) is 31.3 Å². The summed E-state index contributed by atoms with van der Waals surface area (Å²) in [6.45, 7) is 4.25. The van der Waals surface area contributed by atoms with Crippen LogP contribution in [0, 0.1) is 28.9 Å². The number of hydrogen-bond acceptors (Lipinski definition) is 8. The van der Waals surface area contributed by atoms with Crippen molar-refractivity contribution in [2.75, 3.05) is 23.7 Å². The van der Waals surface area contributed by atoms with Crippen LogP contribution in [0.1, 0.15) is 30.0 Å². The third-order valence-electron chi connectivity index (χ3n) is 6.67. The summed E-state index contributed by atoms with van der Waals surface area (Å²) in [4.78, 5) is 15.7. The second-order valence-corrected chi connectivity index (χ2v) is 9.86. The molecule has 6 rings (SSSR count). The van der Waals surface area contributed by atoms with Crippen molar-refractivity contribution in [3.05, 3.63) is 46.4 Å². The molecule has 10 heteroatoms. The maximum Gasteiger partial charge on any atom is 0.225 e. The number of anilines is 1. The maximum absolute atomic E-state index is 16.3. The Morgan fingerprint density at radius 3 is 2.79 bits per heavy atom. The lowest BCUT2D eigenvalue weighted by molar-refractivity contribution is 0.135. The predicted octanol–water partition coefficient (Wildman–Crippen LogP) is 4.15. The molecule has 3 aliphatic heterocycles. The van der Waals surface area contributed by atoms with Gasteiger partial charge in [0.2, 0.25) is 5.95 Å². The van der Waals surface area contributed by atoms with Gasteiger partial charge in [0.1, 0.15) is 11.6 Å². The Kier molecular flexibility index (Phi) is 4.93. The van der Waals surface area contributed by atoms with Gasteiger partial charge in [-0.3, -0.25) is 4.98 Å². The molecule has 2 aromatic heterocycles. The Labute approximate surface area is 198 Å². The molecule has 172 valence electrons. The first-order valence-electron chi connectivity index (χ1n) is 11.0. The number of ether oxygens (including phenoxy) is 1. The molecule has 1 unspecified atom stereocenters. The number of pyridine rings is 1. The molecule has 1 fully saturated rings. The Balaban J connectivity index is 1.64. The van der Waals surface area contributed by atoms with Crippen molar-refractivity contribution in [2.45, 2.75) is 31.5 Å². The number of nitrogens with zero attached hydrogens (tertiary/aromatic N) is 5. The largest absolute Gasteiger partial charge is 0.400 e. The van der Waals surface area contributed by atoms with Crippen molar-refractivity contribution in [3.63, 3.8) is 0 Å². The van der Waals surface area contributed by atoms with Crippen LogP contribution in [0.15, 0.2) is 23.0 Å². The van der Waals surface area contributed by atoms with Gasteiger partial charge in [0, 0.05) is 47.2 Å². The fourth-order valence-corrected chi connectivity index (χ4v) is 5.94. The van der Waals surface area contributed by atoms with E-state index in [9.17, 15) is 9.65 Å². The van der Waals surface area contributed by atoms with Crippen molar-refractivity contribution in [1.29, 1.82) is 5.26 Å². The first-order chi connectivity index (χ1) is 16.5. The van der Waals surface area contributed by atoms with E-state index in [2.05, 4.69) is 32.8 Å². The number of nitrogens with two attached hydrogens (primary N) is 1. The van der Waals surface area contributed by atoms with Gasteiger partial charge in [0.05, 0.1) is 35.6 Å². The van der Waals surface area contributed by atoms with Gasteiger partial charge in [0.15, 0.2) is 11.6 Å². The lowest BCUT2D eigenvalue weighted by atomic mass is 9.91. The van der Waals surface area contributed by atoms with E-state index in [1.165, 1.54) is 11.8 Å². The van der Waals surface area contributed by atoms with E-state index >= 15 is 4.39 Å². The van der Waals surface area contributed by atoms with E-state index < -0.39 is 11.6 Å². The maximum atomic E-state index is 16.3. The average Bonchev–Trinajstić information content (AvgIpc) is 3.49. The lowest BCUT2D eigenvalue weighted by Crippen LogP contribution is -2.21. The second-order valence-electron chi connectivity index (χ2n) is 8.87. The van der Waals surface area contributed by atoms with E-state index in [4.69, 9.17) is 10.5 Å². The summed E-state index contributed by atoms with van der Waals surface area (Å²) in [6.07, 6.45) is 3.75. The highest BCUT2D eigenvalue weighted by Gasteiger charge is 2.33. The number of hydrogen-bond donors (Lipinski definition) is 1. The highest BCUT2D eigenvalue weighted by Crippen LogP contribution is 2.46. The minimum Gasteiger partial charge on any atom is -0.400 e. The number of aromatic nitrogens is 3. The van der Waals surface area contributed by atoms with E-state index in [0.29, 0.717) is 28.5 Å². The zero-order chi connectivity index (χ0) is 23.6. The number of rotatable bonds is 2.